The van der Waals surface area contributed by atoms with E-state index in [4.69, 9.17) is 9.47 Å². The van der Waals surface area contributed by atoms with Gasteiger partial charge < -0.3 is 14.8 Å². The van der Waals surface area contributed by atoms with Crippen molar-refractivity contribution < 1.29 is 9.47 Å². The van der Waals surface area contributed by atoms with Crippen molar-refractivity contribution in [2.24, 2.45) is 0 Å². The maximum absolute atomic E-state index is 5.80. The first-order chi connectivity index (χ1) is 9.92. The van der Waals surface area contributed by atoms with E-state index in [9.17, 15) is 0 Å². The highest BCUT2D eigenvalue weighted by Gasteiger charge is 2.07. The summed E-state index contributed by atoms with van der Waals surface area (Å²) in [7, 11) is 1.68. The van der Waals surface area contributed by atoms with E-state index in [-0.39, 0.29) is 5.54 Å². The van der Waals surface area contributed by atoms with E-state index in [1.165, 1.54) is 24.8 Å². The van der Waals surface area contributed by atoms with Crippen molar-refractivity contribution in [1.29, 1.82) is 0 Å². The monoisotopic (exact) mass is 293 g/mol. The zero-order valence-corrected chi connectivity index (χ0v) is 14.3. The summed E-state index contributed by atoms with van der Waals surface area (Å²) in [5.74, 6) is 1.67. The third kappa shape index (κ3) is 7.96. The third-order valence-corrected chi connectivity index (χ3v) is 3.30. The van der Waals surface area contributed by atoms with Crippen molar-refractivity contribution in [3.63, 3.8) is 0 Å². The third-order valence-electron chi connectivity index (χ3n) is 3.30. The van der Waals surface area contributed by atoms with E-state index in [1.54, 1.807) is 7.11 Å². The Labute approximate surface area is 130 Å². The first-order valence-corrected chi connectivity index (χ1v) is 7.95. The molecule has 0 amide bonds. The van der Waals surface area contributed by atoms with Gasteiger partial charge >= 0.3 is 0 Å². The summed E-state index contributed by atoms with van der Waals surface area (Å²) in [4.78, 5) is 0. The Morgan fingerprint density at radius 3 is 2.38 bits per heavy atom. The van der Waals surface area contributed by atoms with Crippen LogP contribution in [0.1, 0.15) is 52.0 Å². The van der Waals surface area contributed by atoms with E-state index in [2.05, 4.69) is 39.1 Å². The zero-order valence-electron chi connectivity index (χ0n) is 14.3. The Hall–Kier alpha value is -1.22. The molecule has 0 unspecified atom stereocenters. The van der Waals surface area contributed by atoms with E-state index < -0.39 is 0 Å². The van der Waals surface area contributed by atoms with Gasteiger partial charge in [-0.1, -0.05) is 18.9 Å². The van der Waals surface area contributed by atoms with E-state index in [0.29, 0.717) is 0 Å². The standard InChI is InChI=1S/C18H31NO2/c1-15-10-11-16(17(14-15)20-5)21-13-9-7-6-8-12-19-18(2,3)4/h10-11,14,19H,6-9,12-13H2,1-5H3. The quantitative estimate of drug-likeness (QED) is 0.687. The molecule has 0 saturated carbocycles. The summed E-state index contributed by atoms with van der Waals surface area (Å²) in [5, 5.41) is 3.51. The molecule has 1 aromatic rings. The average molecular weight is 293 g/mol. The maximum atomic E-state index is 5.80. The average Bonchev–Trinajstić information content (AvgIpc) is 2.41. The number of rotatable bonds is 9. The number of hydrogen-bond acceptors (Lipinski definition) is 3. The van der Waals surface area contributed by atoms with Gasteiger partial charge in [0, 0.05) is 5.54 Å². The lowest BCUT2D eigenvalue weighted by Crippen LogP contribution is -2.36. The second kappa shape index (κ2) is 8.93. The Morgan fingerprint density at radius 2 is 1.71 bits per heavy atom. The molecule has 0 fully saturated rings. The lowest BCUT2D eigenvalue weighted by molar-refractivity contribution is 0.284. The van der Waals surface area contributed by atoms with E-state index in [1.807, 2.05) is 12.1 Å². The molecule has 0 saturated heterocycles. The number of ether oxygens (including phenoxy) is 2. The Balaban J connectivity index is 2.12. The van der Waals surface area contributed by atoms with Crippen LogP contribution < -0.4 is 14.8 Å². The van der Waals surface area contributed by atoms with Crippen LogP contribution in [0.25, 0.3) is 0 Å². The highest BCUT2D eigenvalue weighted by atomic mass is 16.5. The van der Waals surface area contributed by atoms with Crippen LogP contribution in [0.15, 0.2) is 18.2 Å². The summed E-state index contributed by atoms with van der Waals surface area (Å²) < 4.78 is 11.1. The fraction of sp³-hybridized carbons (Fsp3) is 0.667. The minimum Gasteiger partial charge on any atom is -0.493 e. The minimum absolute atomic E-state index is 0.227. The van der Waals surface area contributed by atoms with Gasteiger partial charge in [0.25, 0.3) is 0 Å². The molecule has 0 bridgehead atoms. The van der Waals surface area contributed by atoms with Gasteiger partial charge in [-0.2, -0.15) is 0 Å². The van der Waals surface area contributed by atoms with Crippen LogP contribution in [0.5, 0.6) is 11.5 Å². The van der Waals surface area contributed by atoms with Crippen LogP contribution in [-0.4, -0.2) is 25.8 Å². The molecule has 21 heavy (non-hydrogen) atoms. The smallest absolute Gasteiger partial charge is 0.161 e. The van der Waals surface area contributed by atoms with Crippen LogP contribution in [0, 0.1) is 6.92 Å². The van der Waals surface area contributed by atoms with Gasteiger partial charge in [-0.3, -0.25) is 0 Å². The van der Waals surface area contributed by atoms with Gasteiger partial charge in [-0.15, -0.1) is 0 Å². The second-order valence-electron chi connectivity index (χ2n) is 6.59. The number of aryl methyl sites for hydroxylation is 1. The summed E-state index contributed by atoms with van der Waals surface area (Å²) >= 11 is 0. The van der Waals surface area contributed by atoms with Crippen molar-refractivity contribution in [3.05, 3.63) is 23.8 Å². The van der Waals surface area contributed by atoms with Crippen LogP contribution in [0.3, 0.4) is 0 Å². The molecule has 0 radical (unpaired) electrons. The molecule has 0 aliphatic rings. The van der Waals surface area contributed by atoms with E-state index >= 15 is 0 Å². The molecule has 0 aromatic heterocycles. The van der Waals surface area contributed by atoms with Crippen LogP contribution in [-0.2, 0) is 0 Å². The molecule has 3 nitrogen and oxygen atoms in total. The highest BCUT2D eigenvalue weighted by Crippen LogP contribution is 2.27. The molecule has 0 aliphatic heterocycles. The van der Waals surface area contributed by atoms with Crippen molar-refractivity contribution >= 4 is 0 Å². The molecule has 3 heteroatoms. The lowest BCUT2D eigenvalue weighted by Gasteiger charge is -2.20. The molecule has 0 spiro atoms. The van der Waals surface area contributed by atoms with Gasteiger partial charge in [-0.05, 0) is 64.8 Å². The molecular weight excluding hydrogens is 262 g/mol. The van der Waals surface area contributed by atoms with Crippen molar-refractivity contribution in [3.8, 4) is 11.5 Å². The maximum Gasteiger partial charge on any atom is 0.161 e. The predicted molar refractivity (Wildman–Crippen MR) is 89.4 cm³/mol. The van der Waals surface area contributed by atoms with Gasteiger partial charge in [0.2, 0.25) is 0 Å². The van der Waals surface area contributed by atoms with Crippen molar-refractivity contribution in [2.45, 2.75) is 58.9 Å². The van der Waals surface area contributed by atoms with Crippen LogP contribution >= 0.6 is 0 Å². The Morgan fingerprint density at radius 1 is 1.00 bits per heavy atom. The summed E-state index contributed by atoms with van der Waals surface area (Å²) in [6.07, 6.45) is 4.77. The zero-order chi connectivity index (χ0) is 15.7. The molecule has 0 aliphatic carbocycles. The SMILES string of the molecule is COc1cc(C)ccc1OCCCCCCNC(C)(C)C. The normalized spacial score (nSPS) is 11.5. The van der Waals surface area contributed by atoms with Crippen LogP contribution in [0.4, 0.5) is 0 Å². The molecule has 0 heterocycles. The van der Waals surface area contributed by atoms with Gasteiger partial charge in [0.1, 0.15) is 0 Å². The summed E-state index contributed by atoms with van der Waals surface area (Å²) in [5.41, 5.74) is 1.41. The summed E-state index contributed by atoms with van der Waals surface area (Å²) in [6, 6.07) is 6.05. The predicted octanol–water partition coefficient (Wildman–Crippen LogP) is 4.33. The van der Waals surface area contributed by atoms with Crippen LogP contribution in [0.2, 0.25) is 0 Å². The molecule has 0 atom stereocenters. The highest BCUT2D eigenvalue weighted by molar-refractivity contribution is 5.42. The molecule has 120 valence electrons. The fourth-order valence-electron chi connectivity index (χ4n) is 2.12. The molecule has 1 aromatic carbocycles. The largest absolute Gasteiger partial charge is 0.493 e. The van der Waals surface area contributed by atoms with Gasteiger partial charge in [-0.25, -0.2) is 0 Å². The van der Waals surface area contributed by atoms with Gasteiger partial charge in [0.15, 0.2) is 11.5 Å². The van der Waals surface area contributed by atoms with Crippen molar-refractivity contribution in [2.75, 3.05) is 20.3 Å². The molecule has 1 N–H and O–H groups in total. The fourth-order valence-corrected chi connectivity index (χ4v) is 2.12. The summed E-state index contributed by atoms with van der Waals surface area (Å²) in [6.45, 7) is 10.5. The second-order valence-corrected chi connectivity index (χ2v) is 6.59. The molecular formula is C18H31NO2. The molecule has 1 rings (SSSR count). The number of methoxy groups -OCH3 is 1. The number of unbranched alkanes of at least 4 members (excludes halogenated alkanes) is 3. The lowest BCUT2D eigenvalue weighted by atomic mass is 10.1. The number of benzene rings is 1. The first-order valence-electron chi connectivity index (χ1n) is 7.95. The first kappa shape index (κ1) is 17.8. The Bertz CT molecular complexity index is 410. The Kier molecular flexibility index (Phi) is 7.58. The number of hydrogen-bond donors (Lipinski definition) is 1. The minimum atomic E-state index is 0.227. The van der Waals surface area contributed by atoms with E-state index in [0.717, 1.165) is 31.1 Å². The van der Waals surface area contributed by atoms with Gasteiger partial charge in [0.05, 0.1) is 13.7 Å². The topological polar surface area (TPSA) is 30.5 Å². The number of nitrogens with one attached hydrogen (secondary N) is 1. The van der Waals surface area contributed by atoms with Crippen molar-refractivity contribution in [1.82, 2.24) is 5.32 Å².